The zero-order chi connectivity index (χ0) is 35.3. The van der Waals surface area contributed by atoms with Gasteiger partial charge in [-0.3, -0.25) is 19.2 Å². The van der Waals surface area contributed by atoms with Gasteiger partial charge in [0.25, 0.3) is 0 Å². The molecule has 6 nitrogen and oxygen atoms in total. The topological polar surface area (TPSA) is 101 Å². The highest BCUT2D eigenvalue weighted by atomic mass is 16.4. The number of aliphatic carboxylic acids is 1. The van der Waals surface area contributed by atoms with Crippen LogP contribution in [0.3, 0.4) is 0 Å². The van der Waals surface area contributed by atoms with E-state index in [-0.39, 0.29) is 51.2 Å². The molecule has 0 radical (unpaired) electrons. The van der Waals surface area contributed by atoms with Crippen molar-refractivity contribution in [1.29, 1.82) is 0 Å². The smallest absolute Gasteiger partial charge is 0.306 e. The number of hydrogen-bond donors (Lipinski definition) is 2. The fourth-order valence-corrected chi connectivity index (χ4v) is 14.3. The number of nitrogens with one attached hydrogen (secondary N) is 1. The van der Waals surface area contributed by atoms with Crippen LogP contribution in [0.25, 0.3) is 0 Å². The van der Waals surface area contributed by atoms with Crippen LogP contribution >= 0.6 is 0 Å². The molecule has 0 heterocycles. The van der Waals surface area contributed by atoms with Gasteiger partial charge in [0.05, 0.1) is 5.92 Å². The number of fused-ring (bicyclic) bond motifs is 7. The molecule has 6 fully saturated rings. The Hall–Kier alpha value is -1.98. The second-order valence-corrected chi connectivity index (χ2v) is 20.0. The molecule has 272 valence electrons. The minimum Gasteiger partial charge on any atom is -0.481 e. The summed E-state index contributed by atoms with van der Waals surface area (Å²) in [6, 6.07) is 0. The lowest BCUT2D eigenvalue weighted by molar-refractivity contribution is -0.193. The van der Waals surface area contributed by atoms with E-state index in [4.69, 9.17) is 0 Å². The van der Waals surface area contributed by atoms with E-state index in [1.165, 1.54) is 44.1 Å². The summed E-state index contributed by atoms with van der Waals surface area (Å²) in [5.74, 6) is 2.82. The van der Waals surface area contributed by atoms with Crippen LogP contribution in [0.5, 0.6) is 0 Å². The minimum atomic E-state index is -0.755. The maximum Gasteiger partial charge on any atom is 0.306 e. The Morgan fingerprint density at radius 2 is 1.59 bits per heavy atom. The van der Waals surface area contributed by atoms with E-state index in [0.29, 0.717) is 72.8 Å². The largest absolute Gasteiger partial charge is 0.481 e. The van der Waals surface area contributed by atoms with E-state index in [1.807, 2.05) is 6.92 Å². The molecule has 0 aromatic carbocycles. The van der Waals surface area contributed by atoms with Gasteiger partial charge in [-0.2, -0.15) is 0 Å². The van der Waals surface area contributed by atoms with Crippen LogP contribution in [0.15, 0.2) is 11.1 Å². The molecule has 7 rings (SSSR count). The molecule has 0 aromatic rings. The van der Waals surface area contributed by atoms with Gasteiger partial charge in [0.1, 0.15) is 5.78 Å². The van der Waals surface area contributed by atoms with E-state index >= 15 is 0 Å². The van der Waals surface area contributed by atoms with Crippen LogP contribution in [0.2, 0.25) is 0 Å². The predicted molar refractivity (Wildman–Crippen MR) is 191 cm³/mol. The molecule has 0 bridgehead atoms. The molecule has 2 N–H and O–H groups in total. The van der Waals surface area contributed by atoms with Gasteiger partial charge in [-0.15, -0.1) is 0 Å². The number of rotatable bonds is 9. The van der Waals surface area contributed by atoms with Gasteiger partial charge in [-0.25, -0.2) is 0 Å². The molecule has 0 spiro atoms. The summed E-state index contributed by atoms with van der Waals surface area (Å²) in [7, 11) is 0. The Morgan fingerprint density at radius 1 is 0.878 bits per heavy atom. The van der Waals surface area contributed by atoms with Gasteiger partial charge in [-0.05, 0) is 140 Å². The highest BCUT2D eigenvalue weighted by Crippen LogP contribution is 2.74. The quantitative estimate of drug-likeness (QED) is 0.254. The van der Waals surface area contributed by atoms with Crippen molar-refractivity contribution in [2.24, 2.45) is 80.8 Å². The van der Waals surface area contributed by atoms with E-state index < -0.39 is 5.97 Å². The number of carbonyl (C=O) groups excluding carboxylic acids is 3. The van der Waals surface area contributed by atoms with Gasteiger partial charge >= 0.3 is 5.97 Å². The van der Waals surface area contributed by atoms with E-state index in [2.05, 4.69) is 46.9 Å². The van der Waals surface area contributed by atoms with Gasteiger partial charge in [-0.1, -0.05) is 60.5 Å². The Morgan fingerprint density at radius 3 is 2.22 bits per heavy atom. The average molecular weight is 676 g/mol. The van der Waals surface area contributed by atoms with E-state index in [0.717, 1.165) is 44.2 Å². The van der Waals surface area contributed by atoms with Crippen LogP contribution in [-0.4, -0.2) is 35.1 Å². The molecule has 0 saturated heterocycles. The number of hydrogen-bond acceptors (Lipinski definition) is 4. The third-order valence-corrected chi connectivity index (χ3v) is 17.3. The molecule has 7 aliphatic carbocycles. The third-order valence-electron chi connectivity index (χ3n) is 17.3. The van der Waals surface area contributed by atoms with Crippen LogP contribution in [-0.2, 0) is 19.2 Å². The zero-order valence-corrected chi connectivity index (χ0v) is 31.7. The van der Waals surface area contributed by atoms with Crippen molar-refractivity contribution in [3.05, 3.63) is 11.1 Å². The van der Waals surface area contributed by atoms with Gasteiger partial charge < -0.3 is 10.4 Å². The lowest BCUT2D eigenvalue weighted by Crippen LogP contribution is -2.62. The Balaban J connectivity index is 1.10. The summed E-state index contributed by atoms with van der Waals surface area (Å²) in [6.45, 7) is 17.2. The van der Waals surface area contributed by atoms with Crippen molar-refractivity contribution in [2.45, 2.75) is 145 Å². The van der Waals surface area contributed by atoms with E-state index in [9.17, 15) is 24.3 Å². The second kappa shape index (κ2) is 12.3. The first-order chi connectivity index (χ1) is 23.0. The number of carboxylic acid groups (broad SMARTS) is 1. The van der Waals surface area contributed by atoms with Crippen LogP contribution in [0.4, 0.5) is 0 Å². The molecule has 0 aromatic heterocycles. The fourth-order valence-electron chi connectivity index (χ4n) is 14.3. The molecule has 11 atom stereocenters. The minimum absolute atomic E-state index is 0.0510. The summed E-state index contributed by atoms with van der Waals surface area (Å²) in [5.41, 5.74) is 2.67. The standard InChI is InChI=1S/C43H65NO5/c1-24(2)37-33(46)21-43(22-36(47)44-23-26-9-8-10-26)18-14-31-28(38(37)43)11-12-35-41(31,6)17-15-34-40(4,5)27(13-16-42(34,35)7)19-32(45)29-20-30(25(29)3)39(48)49/h24-31,34-35H,8-23H2,1-7H3,(H,44,47)(H,48,49). The first-order valence-corrected chi connectivity index (χ1v) is 20.3. The van der Waals surface area contributed by atoms with Crippen LogP contribution in [0.1, 0.15) is 145 Å². The van der Waals surface area contributed by atoms with Crippen molar-refractivity contribution in [3.63, 3.8) is 0 Å². The summed E-state index contributed by atoms with van der Waals surface area (Å²) >= 11 is 0. The zero-order valence-electron chi connectivity index (χ0n) is 31.7. The first kappa shape index (κ1) is 35.4. The highest BCUT2D eigenvalue weighted by Gasteiger charge is 2.66. The number of ketones is 2. The molecular formula is C43H65NO5. The van der Waals surface area contributed by atoms with E-state index in [1.54, 1.807) is 0 Å². The maximum absolute atomic E-state index is 13.8. The number of Topliss-reactive ketones (excluding diaryl/α,β-unsaturated/α-hetero) is 2. The molecular weight excluding hydrogens is 610 g/mol. The number of amides is 1. The van der Waals surface area contributed by atoms with Crippen LogP contribution in [0, 0.1) is 80.8 Å². The number of carbonyl (C=O) groups is 4. The third kappa shape index (κ3) is 5.44. The van der Waals surface area contributed by atoms with Crippen molar-refractivity contribution >= 4 is 23.4 Å². The summed E-state index contributed by atoms with van der Waals surface area (Å²) in [6.07, 6.45) is 14.9. The van der Waals surface area contributed by atoms with Gasteiger partial charge in [0, 0.05) is 37.1 Å². The molecule has 7 aliphatic rings. The Kier molecular flexibility index (Phi) is 8.90. The van der Waals surface area contributed by atoms with Crippen LogP contribution < -0.4 is 5.32 Å². The molecule has 11 unspecified atom stereocenters. The summed E-state index contributed by atoms with van der Waals surface area (Å²) in [4.78, 5) is 52.5. The lowest BCUT2D eigenvalue weighted by atomic mass is 9.35. The Labute approximate surface area is 295 Å². The summed E-state index contributed by atoms with van der Waals surface area (Å²) in [5, 5.41) is 12.8. The fraction of sp³-hybridized carbons (Fsp3) is 0.860. The van der Waals surface area contributed by atoms with Gasteiger partial charge in [0.15, 0.2) is 5.78 Å². The van der Waals surface area contributed by atoms with Gasteiger partial charge in [0.2, 0.25) is 5.91 Å². The monoisotopic (exact) mass is 675 g/mol. The summed E-state index contributed by atoms with van der Waals surface area (Å²) < 4.78 is 0. The normalized spacial score (nSPS) is 44.2. The maximum atomic E-state index is 13.8. The molecule has 6 saturated carbocycles. The average Bonchev–Trinajstić information content (AvgIpc) is 3.28. The second-order valence-electron chi connectivity index (χ2n) is 20.0. The molecule has 6 heteroatoms. The SMILES string of the molecule is CC(C)C1=C2C3CCC4C(C)(CCC5C(C)(C)C(CC(=O)C6CC(C(=O)O)C6C)CCC54C)C3CCC2(CC(=O)NCC2CCC2)CC1=O. The molecule has 0 aliphatic heterocycles. The Bertz CT molecular complexity index is 1420. The molecule has 1 amide bonds. The highest BCUT2D eigenvalue weighted by molar-refractivity contribution is 6.01. The predicted octanol–water partition coefficient (Wildman–Crippen LogP) is 8.82. The van der Waals surface area contributed by atoms with Crippen molar-refractivity contribution in [3.8, 4) is 0 Å². The van der Waals surface area contributed by atoms with Crippen molar-refractivity contribution < 1.29 is 24.3 Å². The van der Waals surface area contributed by atoms with Crippen molar-refractivity contribution in [2.75, 3.05) is 6.54 Å². The number of allylic oxidation sites excluding steroid dienone is 2. The first-order valence-electron chi connectivity index (χ1n) is 20.3. The molecule has 49 heavy (non-hydrogen) atoms. The lowest BCUT2D eigenvalue weighted by Gasteiger charge is -2.69. The van der Waals surface area contributed by atoms with Crippen molar-refractivity contribution in [1.82, 2.24) is 5.32 Å². The number of carboxylic acids is 1.